The van der Waals surface area contributed by atoms with Crippen LogP contribution in [0.4, 0.5) is 4.39 Å². The third-order valence-corrected chi connectivity index (χ3v) is 3.90. The van der Waals surface area contributed by atoms with Crippen LogP contribution in [-0.4, -0.2) is 29.4 Å². The highest BCUT2D eigenvalue weighted by molar-refractivity contribution is 5.82. The number of halogens is 1. The molecular weight excluding hydrogens is 243 g/mol. The van der Waals surface area contributed by atoms with Crippen LogP contribution in [-0.2, 0) is 11.3 Å². The van der Waals surface area contributed by atoms with Crippen molar-refractivity contribution >= 4 is 5.91 Å². The average molecular weight is 262 g/mol. The van der Waals surface area contributed by atoms with E-state index in [9.17, 15) is 9.18 Å². The van der Waals surface area contributed by atoms with E-state index in [1.807, 2.05) is 4.90 Å². The molecule has 0 aromatic heterocycles. The topological polar surface area (TPSA) is 32.3 Å². The summed E-state index contributed by atoms with van der Waals surface area (Å²) in [5, 5.41) is 3.26. The van der Waals surface area contributed by atoms with Crippen molar-refractivity contribution in [1.29, 1.82) is 0 Å². The molecule has 4 heteroatoms. The Morgan fingerprint density at radius 1 is 1.26 bits per heavy atom. The van der Waals surface area contributed by atoms with E-state index in [0.29, 0.717) is 12.6 Å². The fraction of sp³-hybridized carbons (Fsp3) is 0.533. The Labute approximate surface area is 112 Å². The zero-order valence-electron chi connectivity index (χ0n) is 10.9. The highest BCUT2D eigenvalue weighted by atomic mass is 19.1. The second-order valence-corrected chi connectivity index (χ2v) is 5.47. The summed E-state index contributed by atoms with van der Waals surface area (Å²) in [6, 6.07) is 6.82. The third kappa shape index (κ3) is 2.95. The smallest absolute Gasteiger partial charge is 0.240 e. The standard InChI is InChI=1S/C15H19FN2O/c16-12-5-3-11(4-6-12)10-18(13-7-8-13)15(19)14-2-1-9-17-14/h3-6,13-14,17H,1-2,7-10H2/t14-/m0/s1. The lowest BCUT2D eigenvalue weighted by Gasteiger charge is -2.25. The Kier molecular flexibility index (Phi) is 3.51. The summed E-state index contributed by atoms with van der Waals surface area (Å²) in [5.74, 6) is -0.0187. The van der Waals surface area contributed by atoms with Crippen LogP contribution in [0.1, 0.15) is 31.2 Å². The highest BCUT2D eigenvalue weighted by Gasteiger charge is 2.36. The SMILES string of the molecule is O=C([C@@H]1CCCN1)N(Cc1ccc(F)cc1)C1CC1. The molecule has 0 spiro atoms. The van der Waals surface area contributed by atoms with Crippen molar-refractivity contribution in [2.45, 2.75) is 44.3 Å². The lowest BCUT2D eigenvalue weighted by Crippen LogP contribution is -2.44. The van der Waals surface area contributed by atoms with Crippen LogP contribution >= 0.6 is 0 Å². The summed E-state index contributed by atoms with van der Waals surface area (Å²) in [5.41, 5.74) is 1.000. The van der Waals surface area contributed by atoms with E-state index in [1.165, 1.54) is 12.1 Å². The maximum atomic E-state index is 12.9. The Hall–Kier alpha value is -1.42. The van der Waals surface area contributed by atoms with E-state index in [0.717, 1.165) is 37.8 Å². The summed E-state index contributed by atoms with van der Waals surface area (Å²) in [4.78, 5) is 14.5. The van der Waals surface area contributed by atoms with Crippen molar-refractivity contribution in [2.24, 2.45) is 0 Å². The number of rotatable bonds is 4. The lowest BCUT2D eigenvalue weighted by molar-refractivity contribution is -0.134. The minimum absolute atomic E-state index is 0.0129. The van der Waals surface area contributed by atoms with Gasteiger partial charge in [-0.1, -0.05) is 12.1 Å². The summed E-state index contributed by atoms with van der Waals surface area (Å²) in [6.45, 7) is 1.54. The molecule has 1 atom stereocenters. The van der Waals surface area contributed by atoms with E-state index in [1.54, 1.807) is 12.1 Å². The first-order valence-electron chi connectivity index (χ1n) is 7.02. The van der Waals surface area contributed by atoms with Gasteiger partial charge >= 0.3 is 0 Å². The molecule has 1 aliphatic heterocycles. The summed E-state index contributed by atoms with van der Waals surface area (Å²) in [7, 11) is 0. The maximum absolute atomic E-state index is 12.9. The van der Waals surface area contributed by atoms with Crippen molar-refractivity contribution in [1.82, 2.24) is 10.2 Å². The third-order valence-electron chi connectivity index (χ3n) is 3.90. The van der Waals surface area contributed by atoms with Crippen LogP contribution in [0, 0.1) is 5.82 Å². The zero-order chi connectivity index (χ0) is 13.2. The van der Waals surface area contributed by atoms with Gasteiger partial charge in [0.05, 0.1) is 6.04 Å². The zero-order valence-corrected chi connectivity index (χ0v) is 10.9. The van der Waals surface area contributed by atoms with Gasteiger partial charge in [0.25, 0.3) is 0 Å². The number of carbonyl (C=O) groups is 1. The predicted molar refractivity (Wildman–Crippen MR) is 71.0 cm³/mol. The number of benzene rings is 1. The molecule has 1 aliphatic carbocycles. The first kappa shape index (κ1) is 12.6. The normalized spacial score (nSPS) is 22.5. The second-order valence-electron chi connectivity index (χ2n) is 5.47. The van der Waals surface area contributed by atoms with Gasteiger partial charge in [-0.2, -0.15) is 0 Å². The van der Waals surface area contributed by atoms with E-state index < -0.39 is 0 Å². The summed E-state index contributed by atoms with van der Waals surface area (Å²) < 4.78 is 12.9. The van der Waals surface area contributed by atoms with Gasteiger partial charge in [0, 0.05) is 12.6 Å². The number of nitrogens with one attached hydrogen (secondary N) is 1. The van der Waals surface area contributed by atoms with E-state index in [-0.39, 0.29) is 17.8 Å². The minimum Gasteiger partial charge on any atom is -0.334 e. The molecule has 2 aliphatic rings. The molecule has 102 valence electrons. The molecule has 3 rings (SSSR count). The molecule has 1 saturated heterocycles. The van der Waals surface area contributed by atoms with Gasteiger partial charge in [0.2, 0.25) is 5.91 Å². The first-order chi connectivity index (χ1) is 9.24. The molecule has 1 heterocycles. The molecule has 2 fully saturated rings. The number of nitrogens with zero attached hydrogens (tertiary/aromatic N) is 1. The van der Waals surface area contributed by atoms with Gasteiger partial charge in [-0.25, -0.2) is 4.39 Å². The largest absolute Gasteiger partial charge is 0.334 e. The Balaban J connectivity index is 1.70. The van der Waals surface area contributed by atoms with E-state index in [4.69, 9.17) is 0 Å². The minimum atomic E-state index is -0.231. The number of hydrogen-bond acceptors (Lipinski definition) is 2. The van der Waals surface area contributed by atoms with Gasteiger partial charge in [0.1, 0.15) is 5.82 Å². The van der Waals surface area contributed by atoms with Crippen LogP contribution < -0.4 is 5.32 Å². The van der Waals surface area contributed by atoms with Gasteiger partial charge < -0.3 is 10.2 Å². The average Bonchev–Trinajstić information content (AvgIpc) is 3.11. The van der Waals surface area contributed by atoms with Crippen molar-refractivity contribution in [3.8, 4) is 0 Å². The molecule has 1 saturated carbocycles. The molecule has 1 aromatic carbocycles. The maximum Gasteiger partial charge on any atom is 0.240 e. The molecule has 0 unspecified atom stereocenters. The number of carbonyl (C=O) groups excluding carboxylic acids is 1. The van der Waals surface area contributed by atoms with Crippen molar-refractivity contribution in [3.05, 3.63) is 35.6 Å². The fourth-order valence-electron chi connectivity index (χ4n) is 2.66. The monoisotopic (exact) mass is 262 g/mol. The quantitative estimate of drug-likeness (QED) is 0.901. The number of hydrogen-bond donors (Lipinski definition) is 1. The second kappa shape index (κ2) is 5.29. The Morgan fingerprint density at radius 3 is 2.58 bits per heavy atom. The van der Waals surface area contributed by atoms with Crippen LogP contribution in [0.3, 0.4) is 0 Å². The number of amides is 1. The van der Waals surface area contributed by atoms with Crippen molar-refractivity contribution < 1.29 is 9.18 Å². The molecule has 1 amide bonds. The van der Waals surface area contributed by atoms with E-state index >= 15 is 0 Å². The van der Waals surface area contributed by atoms with Crippen LogP contribution in [0.2, 0.25) is 0 Å². The highest BCUT2D eigenvalue weighted by Crippen LogP contribution is 2.29. The van der Waals surface area contributed by atoms with Gasteiger partial charge in [-0.05, 0) is 49.9 Å². The molecular formula is C15H19FN2O. The first-order valence-corrected chi connectivity index (χ1v) is 7.02. The van der Waals surface area contributed by atoms with Crippen molar-refractivity contribution in [2.75, 3.05) is 6.54 Å². The van der Waals surface area contributed by atoms with Gasteiger partial charge in [-0.15, -0.1) is 0 Å². The molecule has 3 nitrogen and oxygen atoms in total. The fourth-order valence-corrected chi connectivity index (χ4v) is 2.66. The van der Waals surface area contributed by atoms with Gasteiger partial charge in [0.15, 0.2) is 0 Å². The summed E-state index contributed by atoms with van der Waals surface area (Å²) >= 11 is 0. The molecule has 0 bridgehead atoms. The molecule has 1 N–H and O–H groups in total. The van der Waals surface area contributed by atoms with Crippen LogP contribution in [0.5, 0.6) is 0 Å². The van der Waals surface area contributed by atoms with Crippen molar-refractivity contribution in [3.63, 3.8) is 0 Å². The molecule has 0 radical (unpaired) electrons. The summed E-state index contributed by atoms with van der Waals surface area (Å²) in [6.07, 6.45) is 4.20. The predicted octanol–water partition coefficient (Wildman–Crippen LogP) is 2.07. The van der Waals surface area contributed by atoms with Crippen LogP contribution in [0.25, 0.3) is 0 Å². The van der Waals surface area contributed by atoms with E-state index in [2.05, 4.69) is 5.32 Å². The molecule has 19 heavy (non-hydrogen) atoms. The lowest BCUT2D eigenvalue weighted by atomic mass is 10.1. The van der Waals surface area contributed by atoms with Gasteiger partial charge in [-0.3, -0.25) is 4.79 Å². The van der Waals surface area contributed by atoms with Crippen LogP contribution in [0.15, 0.2) is 24.3 Å². The Bertz CT molecular complexity index is 450. The molecule has 1 aromatic rings. The Morgan fingerprint density at radius 2 is 2.00 bits per heavy atom.